The average Bonchev–Trinajstić information content (AvgIpc) is 2.41. The summed E-state index contributed by atoms with van der Waals surface area (Å²) in [6.07, 6.45) is 0. The lowest BCUT2D eigenvalue weighted by Gasteiger charge is -2.08. The maximum atomic E-state index is 13.2. The second kappa shape index (κ2) is 5.92. The fourth-order valence-electron chi connectivity index (χ4n) is 1.58. The highest BCUT2D eigenvalue weighted by molar-refractivity contribution is 6.42. The van der Waals surface area contributed by atoms with Crippen LogP contribution in [0.1, 0.15) is 11.1 Å². The van der Waals surface area contributed by atoms with Crippen LogP contribution in [-0.2, 0) is 6.54 Å². The van der Waals surface area contributed by atoms with Crippen molar-refractivity contribution in [2.24, 2.45) is 0 Å². The summed E-state index contributed by atoms with van der Waals surface area (Å²) in [5, 5.41) is 12.8. The summed E-state index contributed by atoms with van der Waals surface area (Å²) in [4.78, 5) is 0. The van der Waals surface area contributed by atoms with Crippen LogP contribution < -0.4 is 5.32 Å². The van der Waals surface area contributed by atoms with Crippen LogP contribution in [0.25, 0.3) is 0 Å². The van der Waals surface area contributed by atoms with Crippen molar-refractivity contribution in [2.45, 2.75) is 6.54 Å². The van der Waals surface area contributed by atoms with Gasteiger partial charge in [-0.15, -0.1) is 0 Å². The fourth-order valence-corrected chi connectivity index (χ4v) is 1.88. The third-order valence-corrected chi connectivity index (χ3v) is 3.31. The van der Waals surface area contributed by atoms with Crippen molar-refractivity contribution >= 4 is 28.9 Å². The molecular weight excluding hydrogens is 286 g/mol. The van der Waals surface area contributed by atoms with Crippen LogP contribution in [0.15, 0.2) is 36.4 Å². The molecule has 2 rings (SSSR count). The normalized spacial score (nSPS) is 10.0. The predicted octanol–water partition coefficient (Wildman–Crippen LogP) is 4.62. The van der Waals surface area contributed by atoms with E-state index in [9.17, 15) is 4.39 Å². The van der Waals surface area contributed by atoms with Crippen LogP contribution in [0, 0.1) is 17.1 Å². The maximum absolute atomic E-state index is 13.2. The summed E-state index contributed by atoms with van der Waals surface area (Å²) < 4.78 is 13.2. The molecule has 96 valence electrons. The van der Waals surface area contributed by atoms with Crippen LogP contribution in [-0.4, -0.2) is 0 Å². The van der Waals surface area contributed by atoms with Crippen molar-refractivity contribution in [3.8, 4) is 6.07 Å². The first kappa shape index (κ1) is 13.7. The smallest absolute Gasteiger partial charge is 0.140 e. The summed E-state index contributed by atoms with van der Waals surface area (Å²) in [5.41, 5.74) is 1.65. The van der Waals surface area contributed by atoms with Crippen molar-refractivity contribution in [1.82, 2.24) is 0 Å². The van der Waals surface area contributed by atoms with Gasteiger partial charge in [0.25, 0.3) is 0 Å². The van der Waals surface area contributed by atoms with Gasteiger partial charge in [-0.3, -0.25) is 0 Å². The van der Waals surface area contributed by atoms with Gasteiger partial charge in [-0.25, -0.2) is 4.39 Å². The van der Waals surface area contributed by atoms with Crippen molar-refractivity contribution < 1.29 is 4.39 Å². The van der Waals surface area contributed by atoms with E-state index in [1.807, 2.05) is 6.07 Å². The van der Waals surface area contributed by atoms with E-state index in [2.05, 4.69) is 5.32 Å². The Kier molecular flexibility index (Phi) is 4.26. The molecule has 0 atom stereocenters. The van der Waals surface area contributed by atoms with Gasteiger partial charge in [-0.05, 0) is 35.9 Å². The van der Waals surface area contributed by atoms with E-state index < -0.39 is 5.82 Å². The van der Waals surface area contributed by atoms with E-state index in [0.29, 0.717) is 16.6 Å². The van der Waals surface area contributed by atoms with Crippen molar-refractivity contribution in [3.05, 3.63) is 63.4 Å². The van der Waals surface area contributed by atoms with Gasteiger partial charge in [0.15, 0.2) is 0 Å². The summed E-state index contributed by atoms with van der Waals surface area (Å²) >= 11 is 11.7. The summed E-state index contributed by atoms with van der Waals surface area (Å²) in [7, 11) is 0. The molecule has 2 aromatic carbocycles. The predicted molar refractivity (Wildman–Crippen MR) is 74.9 cm³/mol. The second-order valence-electron chi connectivity index (χ2n) is 3.91. The quantitative estimate of drug-likeness (QED) is 0.897. The van der Waals surface area contributed by atoms with E-state index in [0.717, 1.165) is 11.3 Å². The van der Waals surface area contributed by atoms with Crippen LogP contribution in [0.2, 0.25) is 10.0 Å². The number of anilines is 1. The Morgan fingerprint density at radius 2 is 1.89 bits per heavy atom. The van der Waals surface area contributed by atoms with Gasteiger partial charge >= 0.3 is 0 Å². The highest BCUT2D eigenvalue weighted by Gasteiger charge is 2.03. The highest BCUT2D eigenvalue weighted by atomic mass is 35.5. The lowest BCUT2D eigenvalue weighted by Crippen LogP contribution is -2.00. The molecule has 0 saturated carbocycles. The lowest BCUT2D eigenvalue weighted by molar-refractivity contribution is 0.623. The van der Waals surface area contributed by atoms with E-state index in [-0.39, 0.29) is 5.56 Å². The Morgan fingerprint density at radius 3 is 2.58 bits per heavy atom. The molecule has 0 heterocycles. The Morgan fingerprint density at radius 1 is 1.11 bits per heavy atom. The van der Waals surface area contributed by atoms with Gasteiger partial charge in [0, 0.05) is 12.2 Å². The summed E-state index contributed by atoms with van der Waals surface area (Å²) in [6.45, 7) is 0.465. The first-order valence-electron chi connectivity index (χ1n) is 5.47. The monoisotopic (exact) mass is 294 g/mol. The van der Waals surface area contributed by atoms with Crippen molar-refractivity contribution in [3.63, 3.8) is 0 Å². The van der Waals surface area contributed by atoms with Gasteiger partial charge in [0.1, 0.15) is 11.9 Å². The minimum absolute atomic E-state index is 0.0356. The number of halogens is 3. The maximum Gasteiger partial charge on any atom is 0.140 e. The Bertz CT molecular complexity index is 650. The number of rotatable bonds is 3. The molecule has 0 fully saturated rings. The number of nitrogens with one attached hydrogen (secondary N) is 1. The average molecular weight is 295 g/mol. The molecule has 0 saturated heterocycles. The zero-order chi connectivity index (χ0) is 13.8. The van der Waals surface area contributed by atoms with E-state index in [1.165, 1.54) is 12.1 Å². The van der Waals surface area contributed by atoms with Crippen LogP contribution in [0.3, 0.4) is 0 Å². The molecule has 0 aliphatic heterocycles. The summed E-state index contributed by atoms with van der Waals surface area (Å²) in [5.74, 6) is -0.513. The number of hydrogen-bond acceptors (Lipinski definition) is 2. The first-order valence-corrected chi connectivity index (χ1v) is 6.23. The van der Waals surface area contributed by atoms with Crippen LogP contribution in [0.5, 0.6) is 0 Å². The molecule has 0 aliphatic carbocycles. The topological polar surface area (TPSA) is 35.8 Å². The molecule has 0 aliphatic rings. The molecule has 2 aromatic rings. The molecule has 5 heteroatoms. The van der Waals surface area contributed by atoms with Gasteiger partial charge in [-0.2, -0.15) is 5.26 Å². The van der Waals surface area contributed by atoms with E-state index >= 15 is 0 Å². The molecule has 0 aromatic heterocycles. The van der Waals surface area contributed by atoms with Crippen molar-refractivity contribution in [2.75, 3.05) is 5.32 Å². The SMILES string of the molecule is N#Cc1cc(CNc2ccc(Cl)c(Cl)c2)ccc1F. The van der Waals surface area contributed by atoms with Gasteiger partial charge in [-0.1, -0.05) is 29.3 Å². The Hall–Kier alpha value is -1.76. The third kappa shape index (κ3) is 3.37. The van der Waals surface area contributed by atoms with Gasteiger partial charge in [0.05, 0.1) is 15.6 Å². The molecule has 0 unspecified atom stereocenters. The largest absolute Gasteiger partial charge is 0.381 e. The zero-order valence-corrected chi connectivity index (χ0v) is 11.3. The minimum Gasteiger partial charge on any atom is -0.381 e. The van der Waals surface area contributed by atoms with E-state index in [1.54, 1.807) is 24.3 Å². The van der Waals surface area contributed by atoms with Crippen LogP contribution >= 0.6 is 23.2 Å². The number of nitriles is 1. The fraction of sp³-hybridized carbons (Fsp3) is 0.0714. The first-order chi connectivity index (χ1) is 9.10. The molecule has 0 radical (unpaired) electrons. The van der Waals surface area contributed by atoms with Gasteiger partial charge in [0.2, 0.25) is 0 Å². The lowest BCUT2D eigenvalue weighted by atomic mass is 10.1. The molecule has 0 spiro atoms. The Labute approximate surface area is 120 Å². The third-order valence-electron chi connectivity index (χ3n) is 2.57. The summed E-state index contributed by atoms with van der Waals surface area (Å²) in [6, 6.07) is 11.4. The second-order valence-corrected chi connectivity index (χ2v) is 4.72. The molecule has 0 bridgehead atoms. The zero-order valence-electron chi connectivity index (χ0n) is 9.75. The Balaban J connectivity index is 2.10. The van der Waals surface area contributed by atoms with Crippen LogP contribution in [0.4, 0.5) is 10.1 Å². The van der Waals surface area contributed by atoms with Crippen molar-refractivity contribution in [1.29, 1.82) is 5.26 Å². The molecular formula is C14H9Cl2FN2. The standard InChI is InChI=1S/C14H9Cl2FN2/c15-12-3-2-11(6-13(12)16)19-8-9-1-4-14(17)10(5-9)7-18/h1-6,19H,8H2. The van der Waals surface area contributed by atoms with E-state index in [4.69, 9.17) is 28.5 Å². The van der Waals surface area contributed by atoms with Gasteiger partial charge < -0.3 is 5.32 Å². The number of nitrogens with zero attached hydrogens (tertiary/aromatic N) is 1. The number of benzene rings is 2. The minimum atomic E-state index is -0.513. The molecule has 0 amide bonds. The molecule has 1 N–H and O–H groups in total. The highest BCUT2D eigenvalue weighted by Crippen LogP contribution is 2.25. The molecule has 2 nitrogen and oxygen atoms in total. The molecule has 19 heavy (non-hydrogen) atoms. The number of hydrogen-bond donors (Lipinski definition) is 1.